The summed E-state index contributed by atoms with van der Waals surface area (Å²) in [4.78, 5) is 55.2. The van der Waals surface area contributed by atoms with E-state index in [2.05, 4.69) is 0 Å². The van der Waals surface area contributed by atoms with Crippen molar-refractivity contribution in [3.8, 4) is 5.75 Å². The summed E-state index contributed by atoms with van der Waals surface area (Å²) in [6, 6.07) is 3.10. The van der Waals surface area contributed by atoms with Crippen LogP contribution in [0.4, 0.5) is 0 Å². The predicted molar refractivity (Wildman–Crippen MR) is 116 cm³/mol. The maximum atomic E-state index is 14.0. The first kappa shape index (κ1) is 22.1. The number of carbonyl (C=O) groups is 4. The van der Waals surface area contributed by atoms with E-state index in [0.717, 1.165) is 10.5 Å². The number of esters is 2. The normalized spacial score (nSPS) is 26.4. The van der Waals surface area contributed by atoms with E-state index in [-0.39, 0.29) is 29.0 Å². The van der Waals surface area contributed by atoms with Gasteiger partial charge < -0.3 is 24.3 Å². The third-order valence-electron chi connectivity index (χ3n) is 6.76. The first-order valence-electron chi connectivity index (χ1n) is 10.0. The summed E-state index contributed by atoms with van der Waals surface area (Å²) in [6.45, 7) is 5.36. The number of ketones is 1. The molecule has 168 valence electrons. The number of phenolic OH excluding ortho intramolecular Hbond substituents is 1. The molecule has 9 heteroatoms. The lowest BCUT2D eigenvalue weighted by Gasteiger charge is -2.51. The van der Waals surface area contributed by atoms with E-state index >= 15 is 0 Å². The van der Waals surface area contributed by atoms with Crippen LogP contribution in [0, 0.1) is 18.3 Å². The molecule has 0 saturated heterocycles. The Morgan fingerprint density at radius 3 is 2.44 bits per heavy atom. The second kappa shape index (κ2) is 7.51. The quantitative estimate of drug-likeness (QED) is 0.416. The molecule has 0 radical (unpaired) electrons. The minimum atomic E-state index is -1.72. The van der Waals surface area contributed by atoms with Gasteiger partial charge in [0.1, 0.15) is 28.5 Å². The summed E-state index contributed by atoms with van der Waals surface area (Å²) in [7, 11) is 2.39. The second-order valence-electron chi connectivity index (χ2n) is 8.12. The molecule has 2 aliphatic heterocycles. The number of hydrogen-bond acceptors (Lipinski definition) is 9. The number of methoxy groups -OCH3 is 2. The highest BCUT2D eigenvalue weighted by atomic mass is 32.2. The van der Waals surface area contributed by atoms with Gasteiger partial charge in [-0.2, -0.15) is 0 Å². The molecule has 2 heterocycles. The molecular formula is C23H23NO7S. The van der Waals surface area contributed by atoms with Crippen LogP contribution >= 0.6 is 11.8 Å². The van der Waals surface area contributed by atoms with Gasteiger partial charge in [0.05, 0.1) is 25.4 Å². The molecule has 3 atom stereocenters. The molecule has 1 aromatic rings. The van der Waals surface area contributed by atoms with Crippen LogP contribution in [0.3, 0.4) is 0 Å². The van der Waals surface area contributed by atoms with Crippen LogP contribution in [0.5, 0.6) is 5.75 Å². The van der Waals surface area contributed by atoms with Gasteiger partial charge in [0, 0.05) is 16.5 Å². The molecule has 0 saturated carbocycles. The molecular weight excluding hydrogens is 434 g/mol. The number of fused-ring (bicyclic) bond motifs is 4. The zero-order valence-electron chi connectivity index (χ0n) is 18.3. The van der Waals surface area contributed by atoms with E-state index in [1.807, 2.05) is 6.92 Å². The molecule has 0 bridgehead atoms. The molecule has 0 amide bonds. The summed E-state index contributed by atoms with van der Waals surface area (Å²) >= 11 is 1.29. The number of allylic oxidation sites excluding steroid dienone is 2. The molecule has 0 spiro atoms. The lowest BCUT2D eigenvalue weighted by molar-refractivity contribution is -0.143. The Balaban J connectivity index is 2.13. The van der Waals surface area contributed by atoms with E-state index in [0.29, 0.717) is 17.5 Å². The smallest absolute Gasteiger partial charge is 0.355 e. The number of hydrogen-bond donors (Lipinski definition) is 1. The largest absolute Gasteiger partial charge is 0.507 e. The van der Waals surface area contributed by atoms with Crippen molar-refractivity contribution in [1.29, 1.82) is 0 Å². The van der Waals surface area contributed by atoms with Crippen LogP contribution in [0.15, 0.2) is 34.0 Å². The van der Waals surface area contributed by atoms with Crippen LogP contribution in [0.1, 0.15) is 35.3 Å². The van der Waals surface area contributed by atoms with Crippen LogP contribution in [-0.2, 0) is 30.3 Å². The van der Waals surface area contributed by atoms with Gasteiger partial charge in [-0.3, -0.25) is 4.79 Å². The highest BCUT2D eigenvalue weighted by Gasteiger charge is 2.65. The lowest BCUT2D eigenvalue weighted by atomic mass is 9.58. The fourth-order valence-corrected chi connectivity index (χ4v) is 6.51. The molecule has 0 aromatic heterocycles. The third-order valence-corrected chi connectivity index (χ3v) is 8.23. The van der Waals surface area contributed by atoms with Crippen LogP contribution in [0.2, 0.25) is 0 Å². The van der Waals surface area contributed by atoms with Crippen molar-refractivity contribution in [3.05, 3.63) is 50.7 Å². The van der Waals surface area contributed by atoms with Crippen molar-refractivity contribution in [2.75, 3.05) is 14.2 Å². The topological polar surface area (TPSA) is 110 Å². The predicted octanol–water partition coefficient (Wildman–Crippen LogP) is 2.48. The van der Waals surface area contributed by atoms with Crippen molar-refractivity contribution in [1.82, 2.24) is 4.90 Å². The Bertz CT molecular complexity index is 1150. The Labute approximate surface area is 189 Å². The van der Waals surface area contributed by atoms with Crippen LogP contribution < -0.4 is 0 Å². The number of phenols is 1. The maximum Gasteiger partial charge on any atom is 0.355 e. The van der Waals surface area contributed by atoms with Gasteiger partial charge in [-0.1, -0.05) is 6.07 Å². The molecule has 0 fully saturated rings. The van der Waals surface area contributed by atoms with E-state index in [9.17, 15) is 24.3 Å². The Morgan fingerprint density at radius 1 is 1.19 bits per heavy atom. The van der Waals surface area contributed by atoms with Gasteiger partial charge in [-0.15, -0.1) is 11.8 Å². The summed E-state index contributed by atoms with van der Waals surface area (Å²) in [6.07, 6.45) is 0.673. The highest BCUT2D eigenvalue weighted by molar-refractivity contribution is 8.03. The minimum absolute atomic E-state index is 0.0252. The lowest BCUT2D eigenvalue weighted by Crippen LogP contribution is -2.61. The maximum absolute atomic E-state index is 14.0. The average Bonchev–Trinajstić information content (AvgIpc) is 3.08. The number of thioether (sulfide) groups is 1. The summed E-state index contributed by atoms with van der Waals surface area (Å²) in [5.74, 6) is -3.31. The van der Waals surface area contributed by atoms with E-state index in [4.69, 9.17) is 9.47 Å². The number of aldehydes is 1. The van der Waals surface area contributed by atoms with Gasteiger partial charge in [0.25, 0.3) is 0 Å². The summed E-state index contributed by atoms with van der Waals surface area (Å²) in [5.41, 5.74) is 0.183. The number of ether oxygens (including phenoxy) is 2. The van der Waals surface area contributed by atoms with Gasteiger partial charge >= 0.3 is 11.9 Å². The zero-order valence-corrected chi connectivity index (χ0v) is 19.2. The van der Waals surface area contributed by atoms with Gasteiger partial charge in [-0.25, -0.2) is 9.59 Å². The minimum Gasteiger partial charge on any atom is -0.507 e. The highest BCUT2D eigenvalue weighted by Crippen LogP contribution is 2.60. The van der Waals surface area contributed by atoms with Crippen molar-refractivity contribution < 1.29 is 33.8 Å². The number of aromatic hydroxyl groups is 1. The number of carbonyl (C=O) groups excluding carboxylic acids is 4. The molecule has 8 nitrogen and oxygen atoms in total. The monoisotopic (exact) mass is 457 g/mol. The van der Waals surface area contributed by atoms with Crippen LogP contribution in [0.25, 0.3) is 0 Å². The number of nitrogens with zero attached hydrogens (tertiary/aromatic N) is 1. The fourth-order valence-electron chi connectivity index (χ4n) is 5.02. The number of benzene rings is 1. The van der Waals surface area contributed by atoms with E-state index in [1.165, 1.54) is 32.0 Å². The Hall–Kier alpha value is -3.07. The SMILES string of the molecule is COC(=O)C1=C(C(=O)OC)N2C(C)=C(C)SC2C2(C=O)C(=O)c3c(O)ccc(C)c3C[C@H]12. The molecule has 32 heavy (non-hydrogen) atoms. The van der Waals surface area contributed by atoms with Crippen molar-refractivity contribution in [2.45, 2.75) is 32.6 Å². The third kappa shape index (κ3) is 2.63. The first-order valence-corrected chi connectivity index (χ1v) is 10.9. The van der Waals surface area contributed by atoms with Crippen molar-refractivity contribution in [3.63, 3.8) is 0 Å². The fraction of sp³-hybridized carbons (Fsp3) is 0.391. The number of aryl methyl sites for hydroxylation is 1. The Morgan fingerprint density at radius 2 is 1.84 bits per heavy atom. The van der Waals surface area contributed by atoms with Crippen molar-refractivity contribution >= 4 is 35.8 Å². The van der Waals surface area contributed by atoms with Gasteiger partial charge in [0.15, 0.2) is 5.78 Å². The zero-order chi connectivity index (χ0) is 23.5. The molecule has 3 aliphatic rings. The van der Waals surface area contributed by atoms with Crippen LogP contribution in [-0.4, -0.2) is 53.6 Å². The molecule has 1 aromatic carbocycles. The number of Topliss-reactive ketones (excluding diaryl/α,β-unsaturated/α-hetero) is 1. The summed E-state index contributed by atoms with van der Waals surface area (Å²) < 4.78 is 10.0. The molecule has 2 unspecified atom stereocenters. The molecule has 1 N–H and O–H groups in total. The van der Waals surface area contributed by atoms with Gasteiger partial charge in [0.2, 0.25) is 0 Å². The Kier molecular flexibility index (Phi) is 5.20. The average molecular weight is 458 g/mol. The molecule has 1 aliphatic carbocycles. The summed E-state index contributed by atoms with van der Waals surface area (Å²) in [5, 5.41) is 9.74. The van der Waals surface area contributed by atoms with E-state index in [1.54, 1.807) is 24.8 Å². The second-order valence-corrected chi connectivity index (χ2v) is 9.41. The standard InChI is InChI=1S/C23H23NO7S/c1-10-6-7-15(26)16-13(10)8-14-17(20(28)30-4)18(21(29)31-5)24-11(2)12(3)32-22(24)23(14,9-25)19(16)27/h6-7,9,14,22,26H,8H2,1-5H3/t14-,22?,23?/m1/s1. The number of rotatable bonds is 3. The van der Waals surface area contributed by atoms with E-state index < -0.39 is 34.4 Å². The first-order chi connectivity index (χ1) is 15.1. The van der Waals surface area contributed by atoms with Crippen molar-refractivity contribution in [2.24, 2.45) is 11.3 Å². The van der Waals surface area contributed by atoms with Gasteiger partial charge in [-0.05, 0) is 44.4 Å². The molecule has 4 rings (SSSR count).